The lowest BCUT2D eigenvalue weighted by Crippen LogP contribution is -2.24. The molecule has 0 unspecified atom stereocenters. The molecule has 1 aromatic carbocycles. The minimum absolute atomic E-state index is 0.0470. The Morgan fingerprint density at radius 1 is 1.31 bits per heavy atom. The van der Waals surface area contributed by atoms with Crippen LogP contribution in [0.4, 0.5) is 14.5 Å². The van der Waals surface area contributed by atoms with Crippen LogP contribution in [0.15, 0.2) is 12.1 Å². The van der Waals surface area contributed by atoms with Gasteiger partial charge in [-0.25, -0.2) is 8.78 Å². The van der Waals surface area contributed by atoms with Crippen molar-refractivity contribution in [2.75, 3.05) is 32.2 Å². The normalized spacial score (nSPS) is 10.6. The topological polar surface area (TPSA) is 38.5 Å². The van der Waals surface area contributed by atoms with Crippen molar-refractivity contribution in [3.8, 4) is 0 Å². The molecule has 0 aromatic heterocycles. The SMILES string of the molecule is COCCN(C)c1c(F)cc(CN)cc1F. The number of nitrogens with two attached hydrogens (primary N) is 1. The molecular formula is C11H16F2N2O. The second-order valence-corrected chi connectivity index (χ2v) is 3.53. The number of halogens is 2. The van der Waals surface area contributed by atoms with Gasteiger partial charge in [0.15, 0.2) is 0 Å². The molecule has 0 saturated carbocycles. The van der Waals surface area contributed by atoms with E-state index in [-0.39, 0.29) is 12.2 Å². The van der Waals surface area contributed by atoms with Gasteiger partial charge in [0, 0.05) is 27.2 Å². The highest BCUT2D eigenvalue weighted by Crippen LogP contribution is 2.23. The first kappa shape index (κ1) is 12.9. The van der Waals surface area contributed by atoms with E-state index >= 15 is 0 Å². The lowest BCUT2D eigenvalue weighted by atomic mass is 10.1. The van der Waals surface area contributed by atoms with Crippen molar-refractivity contribution in [3.63, 3.8) is 0 Å². The highest BCUT2D eigenvalue weighted by atomic mass is 19.1. The molecule has 0 saturated heterocycles. The maximum Gasteiger partial charge on any atom is 0.149 e. The Morgan fingerprint density at radius 3 is 2.31 bits per heavy atom. The maximum atomic E-state index is 13.6. The van der Waals surface area contributed by atoms with Gasteiger partial charge in [-0.2, -0.15) is 0 Å². The summed E-state index contributed by atoms with van der Waals surface area (Å²) >= 11 is 0. The first-order valence-electron chi connectivity index (χ1n) is 4.98. The molecule has 0 heterocycles. The van der Waals surface area contributed by atoms with Crippen LogP contribution in [0.3, 0.4) is 0 Å². The van der Waals surface area contributed by atoms with Gasteiger partial charge in [-0.1, -0.05) is 0 Å². The summed E-state index contributed by atoms with van der Waals surface area (Å²) in [4.78, 5) is 1.48. The summed E-state index contributed by atoms with van der Waals surface area (Å²) in [5.41, 5.74) is 5.72. The van der Waals surface area contributed by atoms with E-state index in [4.69, 9.17) is 10.5 Å². The van der Waals surface area contributed by atoms with Gasteiger partial charge < -0.3 is 15.4 Å². The Labute approximate surface area is 93.8 Å². The van der Waals surface area contributed by atoms with Gasteiger partial charge in [-0.15, -0.1) is 0 Å². The zero-order valence-corrected chi connectivity index (χ0v) is 9.46. The summed E-state index contributed by atoms with van der Waals surface area (Å²) in [6.45, 7) is 0.955. The molecule has 0 fully saturated rings. The zero-order chi connectivity index (χ0) is 12.1. The maximum absolute atomic E-state index is 13.6. The zero-order valence-electron chi connectivity index (χ0n) is 9.46. The molecular weight excluding hydrogens is 214 g/mol. The van der Waals surface area contributed by atoms with Crippen LogP contribution in [-0.2, 0) is 11.3 Å². The summed E-state index contributed by atoms with van der Waals surface area (Å²) in [7, 11) is 3.15. The van der Waals surface area contributed by atoms with Crippen molar-refractivity contribution < 1.29 is 13.5 Å². The van der Waals surface area contributed by atoms with E-state index in [0.717, 1.165) is 0 Å². The number of ether oxygens (including phenoxy) is 1. The van der Waals surface area contributed by atoms with E-state index in [2.05, 4.69) is 0 Å². The fourth-order valence-electron chi connectivity index (χ4n) is 1.44. The third-order valence-corrected chi connectivity index (χ3v) is 2.32. The molecule has 16 heavy (non-hydrogen) atoms. The van der Waals surface area contributed by atoms with Crippen molar-refractivity contribution in [3.05, 3.63) is 29.3 Å². The van der Waals surface area contributed by atoms with Gasteiger partial charge in [-0.05, 0) is 17.7 Å². The first-order chi connectivity index (χ1) is 7.60. The Bertz CT molecular complexity index is 335. The molecule has 0 atom stereocenters. The minimum atomic E-state index is -0.598. The van der Waals surface area contributed by atoms with Crippen LogP contribution in [0.5, 0.6) is 0 Å². The summed E-state index contributed by atoms with van der Waals surface area (Å²) in [5, 5.41) is 0. The Kier molecular flexibility index (Phi) is 4.64. The molecule has 0 amide bonds. The molecule has 3 nitrogen and oxygen atoms in total. The molecule has 0 radical (unpaired) electrons. The van der Waals surface area contributed by atoms with Gasteiger partial charge in [0.2, 0.25) is 0 Å². The fourth-order valence-corrected chi connectivity index (χ4v) is 1.44. The monoisotopic (exact) mass is 230 g/mol. The van der Waals surface area contributed by atoms with E-state index in [1.165, 1.54) is 24.1 Å². The summed E-state index contributed by atoms with van der Waals surface area (Å²) in [6.07, 6.45) is 0. The number of methoxy groups -OCH3 is 1. The van der Waals surface area contributed by atoms with Crippen molar-refractivity contribution in [1.82, 2.24) is 0 Å². The molecule has 0 aliphatic rings. The van der Waals surface area contributed by atoms with Gasteiger partial charge >= 0.3 is 0 Å². The molecule has 2 N–H and O–H groups in total. The number of hydrogen-bond donors (Lipinski definition) is 1. The first-order valence-corrected chi connectivity index (χ1v) is 4.98. The molecule has 1 aromatic rings. The van der Waals surface area contributed by atoms with Crippen LogP contribution in [0.25, 0.3) is 0 Å². The van der Waals surface area contributed by atoms with Gasteiger partial charge in [0.25, 0.3) is 0 Å². The minimum Gasteiger partial charge on any atom is -0.383 e. The lowest BCUT2D eigenvalue weighted by molar-refractivity contribution is 0.206. The van der Waals surface area contributed by atoms with Crippen molar-refractivity contribution >= 4 is 5.69 Å². The number of nitrogens with zero attached hydrogens (tertiary/aromatic N) is 1. The third-order valence-electron chi connectivity index (χ3n) is 2.32. The van der Waals surface area contributed by atoms with Crippen LogP contribution in [0.2, 0.25) is 0 Å². The molecule has 90 valence electrons. The average Bonchev–Trinajstić information content (AvgIpc) is 2.25. The molecule has 0 bridgehead atoms. The molecule has 1 rings (SSSR count). The van der Waals surface area contributed by atoms with Crippen molar-refractivity contribution in [1.29, 1.82) is 0 Å². The predicted molar refractivity (Wildman–Crippen MR) is 59.4 cm³/mol. The van der Waals surface area contributed by atoms with E-state index in [0.29, 0.717) is 18.7 Å². The lowest BCUT2D eigenvalue weighted by Gasteiger charge is -2.20. The quantitative estimate of drug-likeness (QED) is 0.833. The Hall–Kier alpha value is -1.20. The number of likely N-dealkylation sites (N-methyl/N-ethyl adjacent to an activating group) is 1. The number of anilines is 1. The number of rotatable bonds is 5. The summed E-state index contributed by atoms with van der Waals surface area (Å²) in [6, 6.07) is 2.50. The third kappa shape index (κ3) is 2.90. The van der Waals surface area contributed by atoms with E-state index < -0.39 is 11.6 Å². The summed E-state index contributed by atoms with van der Waals surface area (Å²) in [5.74, 6) is -1.20. The average molecular weight is 230 g/mol. The fraction of sp³-hybridized carbons (Fsp3) is 0.455. The second kappa shape index (κ2) is 5.77. The van der Waals surface area contributed by atoms with Gasteiger partial charge in [0.05, 0.1) is 6.61 Å². The van der Waals surface area contributed by atoms with Gasteiger partial charge in [-0.3, -0.25) is 0 Å². The molecule has 5 heteroatoms. The van der Waals surface area contributed by atoms with E-state index in [1.807, 2.05) is 0 Å². The highest BCUT2D eigenvalue weighted by Gasteiger charge is 2.14. The van der Waals surface area contributed by atoms with Crippen LogP contribution in [-0.4, -0.2) is 27.3 Å². The smallest absolute Gasteiger partial charge is 0.149 e. The van der Waals surface area contributed by atoms with Crippen molar-refractivity contribution in [2.45, 2.75) is 6.54 Å². The molecule has 0 aliphatic heterocycles. The largest absolute Gasteiger partial charge is 0.383 e. The second-order valence-electron chi connectivity index (χ2n) is 3.53. The Balaban J connectivity index is 2.95. The predicted octanol–water partition coefficient (Wildman–Crippen LogP) is 1.51. The van der Waals surface area contributed by atoms with E-state index in [1.54, 1.807) is 7.05 Å². The van der Waals surface area contributed by atoms with Crippen molar-refractivity contribution in [2.24, 2.45) is 5.73 Å². The number of hydrogen-bond acceptors (Lipinski definition) is 3. The van der Waals surface area contributed by atoms with Gasteiger partial charge in [0.1, 0.15) is 17.3 Å². The van der Waals surface area contributed by atoms with Crippen LogP contribution < -0.4 is 10.6 Å². The highest BCUT2D eigenvalue weighted by molar-refractivity contribution is 5.50. The van der Waals surface area contributed by atoms with E-state index in [9.17, 15) is 8.78 Å². The summed E-state index contributed by atoms with van der Waals surface area (Å²) < 4.78 is 32.0. The Morgan fingerprint density at radius 2 is 1.88 bits per heavy atom. The van der Waals surface area contributed by atoms with Crippen LogP contribution in [0, 0.1) is 11.6 Å². The standard InChI is InChI=1S/C11H16F2N2O/c1-15(3-4-16-2)11-9(12)5-8(7-14)6-10(11)13/h5-6H,3-4,7,14H2,1-2H3. The molecule has 0 spiro atoms. The number of benzene rings is 1. The van der Waals surface area contributed by atoms with Crippen LogP contribution >= 0.6 is 0 Å². The molecule has 0 aliphatic carbocycles. The van der Waals surface area contributed by atoms with Crippen LogP contribution in [0.1, 0.15) is 5.56 Å².